The molecule has 0 atom stereocenters. The molecule has 0 aliphatic carbocycles. The van der Waals surface area contributed by atoms with E-state index in [1.54, 1.807) is 12.1 Å². The Bertz CT molecular complexity index is 721. The summed E-state index contributed by atoms with van der Waals surface area (Å²) in [5.74, 6) is 1.03. The molecule has 1 aromatic carbocycles. The maximum Gasteiger partial charge on any atom is 0.256 e. The lowest BCUT2D eigenvalue weighted by atomic mass is 10.1. The fourth-order valence-corrected chi connectivity index (χ4v) is 3.02. The molecule has 2 N–H and O–H groups in total. The summed E-state index contributed by atoms with van der Waals surface area (Å²) in [5.41, 5.74) is 9.38. The van der Waals surface area contributed by atoms with E-state index >= 15 is 0 Å². The zero-order chi connectivity index (χ0) is 16.4. The van der Waals surface area contributed by atoms with Crippen LogP contribution < -0.4 is 10.6 Å². The molecule has 0 saturated carbocycles. The van der Waals surface area contributed by atoms with E-state index in [4.69, 9.17) is 5.73 Å². The molecular weight excluding hydrogens is 288 g/mol. The Morgan fingerprint density at radius 2 is 1.83 bits per heavy atom. The first kappa shape index (κ1) is 15.3. The molecule has 2 aromatic rings. The van der Waals surface area contributed by atoms with Gasteiger partial charge >= 0.3 is 0 Å². The average molecular weight is 310 g/mol. The first-order valence-electron chi connectivity index (χ1n) is 7.88. The van der Waals surface area contributed by atoms with Crippen LogP contribution in [-0.2, 0) is 0 Å². The summed E-state index contributed by atoms with van der Waals surface area (Å²) in [6.07, 6.45) is 1.89. The number of anilines is 2. The van der Waals surface area contributed by atoms with E-state index in [2.05, 4.69) is 22.9 Å². The largest absolute Gasteiger partial charge is 0.398 e. The Morgan fingerprint density at radius 1 is 1.13 bits per heavy atom. The molecule has 2 heterocycles. The van der Waals surface area contributed by atoms with Gasteiger partial charge in [0.15, 0.2) is 0 Å². The van der Waals surface area contributed by atoms with Crippen molar-refractivity contribution in [1.29, 1.82) is 0 Å². The molecule has 5 heteroatoms. The lowest BCUT2D eigenvalue weighted by molar-refractivity contribution is 0.0747. The van der Waals surface area contributed by atoms with Crippen LogP contribution in [0, 0.1) is 13.8 Å². The first-order valence-corrected chi connectivity index (χ1v) is 7.88. The highest BCUT2D eigenvalue weighted by atomic mass is 16.2. The molecule has 120 valence electrons. The molecule has 5 nitrogen and oxygen atoms in total. The van der Waals surface area contributed by atoms with E-state index in [0.29, 0.717) is 24.3 Å². The number of rotatable bonds is 2. The van der Waals surface area contributed by atoms with Gasteiger partial charge in [-0.15, -0.1) is 0 Å². The summed E-state index contributed by atoms with van der Waals surface area (Å²) in [6.45, 7) is 7.07. The van der Waals surface area contributed by atoms with Crippen LogP contribution in [0.5, 0.6) is 0 Å². The van der Waals surface area contributed by atoms with Crippen molar-refractivity contribution in [2.24, 2.45) is 0 Å². The number of nitrogen functional groups attached to an aromatic ring is 1. The van der Waals surface area contributed by atoms with Crippen molar-refractivity contribution < 1.29 is 4.79 Å². The van der Waals surface area contributed by atoms with Crippen LogP contribution in [0.2, 0.25) is 0 Å². The van der Waals surface area contributed by atoms with Gasteiger partial charge < -0.3 is 15.5 Å². The SMILES string of the molecule is Cc1cnc(N2CCN(C(=O)c3ccccc3N)CC2)c(C)c1. The van der Waals surface area contributed by atoms with E-state index < -0.39 is 0 Å². The van der Waals surface area contributed by atoms with Gasteiger partial charge in [0.25, 0.3) is 5.91 Å². The smallest absolute Gasteiger partial charge is 0.256 e. The summed E-state index contributed by atoms with van der Waals surface area (Å²) in [6, 6.07) is 9.39. The standard InChI is InChI=1S/C18H22N4O/c1-13-11-14(2)17(20-12-13)21-7-9-22(10-8-21)18(23)15-5-3-4-6-16(15)19/h3-6,11-12H,7-10,19H2,1-2H3. The predicted octanol–water partition coefficient (Wildman–Crippen LogP) is 2.24. The molecule has 0 bridgehead atoms. The number of nitrogens with two attached hydrogens (primary N) is 1. The third-order valence-corrected chi connectivity index (χ3v) is 4.24. The molecule has 0 radical (unpaired) electrons. The summed E-state index contributed by atoms with van der Waals surface area (Å²) in [4.78, 5) is 21.2. The van der Waals surface area contributed by atoms with Crippen LogP contribution in [0.1, 0.15) is 21.5 Å². The third-order valence-electron chi connectivity index (χ3n) is 4.24. The molecule has 1 aliphatic heterocycles. The van der Waals surface area contributed by atoms with Gasteiger partial charge in [0.1, 0.15) is 5.82 Å². The molecule has 1 saturated heterocycles. The number of piperazine rings is 1. The van der Waals surface area contributed by atoms with E-state index in [0.717, 1.165) is 18.9 Å². The summed E-state index contributed by atoms with van der Waals surface area (Å²) in [7, 11) is 0. The van der Waals surface area contributed by atoms with Crippen LogP contribution in [-0.4, -0.2) is 42.0 Å². The Labute approximate surface area is 136 Å². The summed E-state index contributed by atoms with van der Waals surface area (Å²) in [5, 5.41) is 0. The quantitative estimate of drug-likeness (QED) is 0.864. The van der Waals surface area contributed by atoms with Crippen LogP contribution >= 0.6 is 0 Å². The van der Waals surface area contributed by atoms with Gasteiger partial charge in [0.05, 0.1) is 5.56 Å². The second-order valence-corrected chi connectivity index (χ2v) is 6.02. The van der Waals surface area contributed by atoms with E-state index in [-0.39, 0.29) is 5.91 Å². The number of aryl methyl sites for hydroxylation is 2. The minimum atomic E-state index is 0.0105. The van der Waals surface area contributed by atoms with Gasteiger partial charge in [0, 0.05) is 38.1 Å². The monoisotopic (exact) mass is 310 g/mol. The van der Waals surface area contributed by atoms with Crippen molar-refractivity contribution in [3.63, 3.8) is 0 Å². The number of carbonyl (C=O) groups is 1. The fraction of sp³-hybridized carbons (Fsp3) is 0.333. The lowest BCUT2D eigenvalue weighted by Crippen LogP contribution is -2.49. The number of carbonyl (C=O) groups excluding carboxylic acids is 1. The van der Waals surface area contributed by atoms with Gasteiger partial charge in [-0.05, 0) is 37.1 Å². The van der Waals surface area contributed by atoms with Crippen molar-refractivity contribution in [2.45, 2.75) is 13.8 Å². The number of benzene rings is 1. The van der Waals surface area contributed by atoms with Gasteiger partial charge in [-0.25, -0.2) is 4.98 Å². The second kappa shape index (κ2) is 6.28. The molecule has 3 rings (SSSR count). The van der Waals surface area contributed by atoms with E-state index in [1.165, 1.54) is 11.1 Å². The van der Waals surface area contributed by atoms with Crippen molar-refractivity contribution in [2.75, 3.05) is 36.8 Å². The van der Waals surface area contributed by atoms with Crippen molar-refractivity contribution in [3.8, 4) is 0 Å². The number of hydrogen-bond acceptors (Lipinski definition) is 4. The number of nitrogens with zero attached hydrogens (tertiary/aromatic N) is 3. The first-order chi connectivity index (χ1) is 11.1. The lowest BCUT2D eigenvalue weighted by Gasteiger charge is -2.36. The van der Waals surface area contributed by atoms with Crippen molar-refractivity contribution in [3.05, 3.63) is 53.2 Å². The van der Waals surface area contributed by atoms with Crippen LogP contribution in [0.3, 0.4) is 0 Å². The molecule has 1 fully saturated rings. The molecule has 0 spiro atoms. The second-order valence-electron chi connectivity index (χ2n) is 6.02. The highest BCUT2D eigenvalue weighted by Crippen LogP contribution is 2.21. The van der Waals surface area contributed by atoms with Gasteiger partial charge in [0.2, 0.25) is 0 Å². The number of hydrogen-bond donors (Lipinski definition) is 1. The molecule has 1 aromatic heterocycles. The van der Waals surface area contributed by atoms with E-state index in [9.17, 15) is 4.79 Å². The maximum atomic E-state index is 12.6. The Kier molecular flexibility index (Phi) is 4.19. The zero-order valence-electron chi connectivity index (χ0n) is 13.6. The van der Waals surface area contributed by atoms with E-state index in [1.807, 2.05) is 30.2 Å². The van der Waals surface area contributed by atoms with Crippen LogP contribution in [0.15, 0.2) is 36.5 Å². The third kappa shape index (κ3) is 3.13. The van der Waals surface area contributed by atoms with Crippen LogP contribution in [0.25, 0.3) is 0 Å². The minimum absolute atomic E-state index is 0.0105. The average Bonchev–Trinajstić information content (AvgIpc) is 2.55. The predicted molar refractivity (Wildman–Crippen MR) is 92.7 cm³/mol. The molecule has 1 amide bonds. The summed E-state index contributed by atoms with van der Waals surface area (Å²) < 4.78 is 0. The normalized spacial score (nSPS) is 14.9. The molecule has 0 unspecified atom stereocenters. The number of para-hydroxylation sites is 1. The highest BCUT2D eigenvalue weighted by Gasteiger charge is 2.24. The molecule has 23 heavy (non-hydrogen) atoms. The fourth-order valence-electron chi connectivity index (χ4n) is 3.02. The van der Waals surface area contributed by atoms with Crippen molar-refractivity contribution in [1.82, 2.24) is 9.88 Å². The Balaban J connectivity index is 1.69. The number of pyridine rings is 1. The topological polar surface area (TPSA) is 62.5 Å². The number of amides is 1. The number of aromatic nitrogens is 1. The minimum Gasteiger partial charge on any atom is -0.398 e. The Morgan fingerprint density at radius 3 is 2.48 bits per heavy atom. The Hall–Kier alpha value is -2.56. The highest BCUT2D eigenvalue weighted by molar-refractivity contribution is 5.99. The van der Waals surface area contributed by atoms with Gasteiger partial charge in [-0.2, -0.15) is 0 Å². The van der Waals surface area contributed by atoms with Crippen molar-refractivity contribution >= 4 is 17.4 Å². The molecule has 1 aliphatic rings. The van der Waals surface area contributed by atoms with Gasteiger partial charge in [-0.1, -0.05) is 18.2 Å². The molecular formula is C18H22N4O. The van der Waals surface area contributed by atoms with Crippen LogP contribution in [0.4, 0.5) is 11.5 Å². The zero-order valence-corrected chi connectivity index (χ0v) is 13.6. The van der Waals surface area contributed by atoms with Gasteiger partial charge in [-0.3, -0.25) is 4.79 Å². The maximum absolute atomic E-state index is 12.6. The summed E-state index contributed by atoms with van der Waals surface area (Å²) >= 11 is 0.